The molecular weight excluding hydrogens is 196 g/mol. The van der Waals surface area contributed by atoms with Crippen molar-refractivity contribution in [1.82, 2.24) is 10.2 Å². The standard InChI is InChI=1S/C14H28N2/c1-14(2,3)13-6-8-16(11-13)9-7-15-10-12-4-5-12/h12-13,15H,4-11H2,1-3H3. The Bertz CT molecular complexity index is 215. The Labute approximate surface area is 101 Å². The van der Waals surface area contributed by atoms with Crippen LogP contribution >= 0.6 is 0 Å². The van der Waals surface area contributed by atoms with E-state index in [4.69, 9.17) is 0 Å². The summed E-state index contributed by atoms with van der Waals surface area (Å²) in [6, 6.07) is 0. The maximum absolute atomic E-state index is 3.59. The third-order valence-corrected chi connectivity index (χ3v) is 4.23. The summed E-state index contributed by atoms with van der Waals surface area (Å²) in [5.41, 5.74) is 0.496. The maximum Gasteiger partial charge on any atom is 0.0107 e. The van der Waals surface area contributed by atoms with Crippen molar-refractivity contribution in [1.29, 1.82) is 0 Å². The van der Waals surface area contributed by atoms with Gasteiger partial charge in [0.2, 0.25) is 0 Å². The van der Waals surface area contributed by atoms with Crippen molar-refractivity contribution in [2.45, 2.75) is 40.0 Å². The molecule has 0 spiro atoms. The molecule has 1 aliphatic heterocycles. The van der Waals surface area contributed by atoms with Crippen molar-refractivity contribution in [3.63, 3.8) is 0 Å². The summed E-state index contributed by atoms with van der Waals surface area (Å²) in [7, 11) is 0. The Morgan fingerprint density at radius 3 is 2.50 bits per heavy atom. The number of nitrogens with zero attached hydrogens (tertiary/aromatic N) is 1. The summed E-state index contributed by atoms with van der Waals surface area (Å²) in [4.78, 5) is 2.63. The molecule has 0 bridgehead atoms. The lowest BCUT2D eigenvalue weighted by Gasteiger charge is -2.27. The topological polar surface area (TPSA) is 15.3 Å². The quantitative estimate of drug-likeness (QED) is 0.721. The van der Waals surface area contributed by atoms with Gasteiger partial charge in [-0.1, -0.05) is 20.8 Å². The van der Waals surface area contributed by atoms with Crippen LogP contribution in [0.25, 0.3) is 0 Å². The van der Waals surface area contributed by atoms with Gasteiger partial charge in [-0.15, -0.1) is 0 Å². The Hall–Kier alpha value is -0.0800. The molecule has 2 heteroatoms. The van der Waals surface area contributed by atoms with Gasteiger partial charge in [-0.2, -0.15) is 0 Å². The molecule has 0 amide bonds. The third-order valence-electron chi connectivity index (χ3n) is 4.23. The van der Waals surface area contributed by atoms with Gasteiger partial charge in [0.1, 0.15) is 0 Å². The van der Waals surface area contributed by atoms with Crippen LogP contribution in [0.15, 0.2) is 0 Å². The fourth-order valence-electron chi connectivity index (χ4n) is 2.61. The van der Waals surface area contributed by atoms with E-state index in [-0.39, 0.29) is 0 Å². The molecule has 2 fully saturated rings. The molecule has 2 rings (SSSR count). The van der Waals surface area contributed by atoms with Crippen molar-refractivity contribution in [3.8, 4) is 0 Å². The Morgan fingerprint density at radius 2 is 1.94 bits per heavy atom. The Morgan fingerprint density at radius 1 is 1.19 bits per heavy atom. The molecule has 0 aromatic carbocycles. The fourth-order valence-corrected chi connectivity index (χ4v) is 2.61. The molecule has 0 aromatic rings. The van der Waals surface area contributed by atoms with Gasteiger partial charge in [0.25, 0.3) is 0 Å². The highest BCUT2D eigenvalue weighted by Gasteiger charge is 2.31. The maximum atomic E-state index is 3.59. The monoisotopic (exact) mass is 224 g/mol. The van der Waals surface area contributed by atoms with E-state index in [1.54, 1.807) is 0 Å². The van der Waals surface area contributed by atoms with Crippen LogP contribution in [0.2, 0.25) is 0 Å². The summed E-state index contributed by atoms with van der Waals surface area (Å²) >= 11 is 0. The van der Waals surface area contributed by atoms with Crippen LogP contribution in [0.3, 0.4) is 0 Å². The Kier molecular flexibility index (Phi) is 3.91. The van der Waals surface area contributed by atoms with Gasteiger partial charge < -0.3 is 10.2 Å². The van der Waals surface area contributed by atoms with Crippen LogP contribution < -0.4 is 5.32 Å². The van der Waals surface area contributed by atoms with Gasteiger partial charge >= 0.3 is 0 Å². The predicted octanol–water partition coefficient (Wildman–Crippen LogP) is 2.35. The molecule has 0 radical (unpaired) electrons. The van der Waals surface area contributed by atoms with Crippen molar-refractivity contribution in [2.75, 3.05) is 32.7 Å². The molecular formula is C14H28N2. The SMILES string of the molecule is CC(C)(C)C1CCN(CCNCC2CC2)C1. The van der Waals surface area contributed by atoms with Crippen LogP contribution in [-0.2, 0) is 0 Å². The van der Waals surface area contributed by atoms with Crippen LogP contribution in [0.4, 0.5) is 0 Å². The van der Waals surface area contributed by atoms with Crippen molar-refractivity contribution in [2.24, 2.45) is 17.3 Å². The van der Waals surface area contributed by atoms with Crippen LogP contribution in [0, 0.1) is 17.3 Å². The minimum Gasteiger partial charge on any atom is -0.315 e. The lowest BCUT2D eigenvalue weighted by molar-refractivity contribution is 0.229. The zero-order valence-corrected chi connectivity index (χ0v) is 11.3. The second-order valence-electron chi connectivity index (χ2n) is 6.80. The fraction of sp³-hybridized carbons (Fsp3) is 1.00. The number of hydrogen-bond donors (Lipinski definition) is 1. The first-order valence-electron chi connectivity index (χ1n) is 6.99. The summed E-state index contributed by atoms with van der Waals surface area (Å²) in [6.45, 7) is 13.5. The average molecular weight is 224 g/mol. The molecule has 1 saturated carbocycles. The van der Waals surface area contributed by atoms with Gasteiger partial charge in [-0.05, 0) is 49.6 Å². The number of rotatable bonds is 5. The van der Waals surface area contributed by atoms with Crippen molar-refractivity contribution >= 4 is 0 Å². The molecule has 1 aliphatic carbocycles. The minimum atomic E-state index is 0.496. The first-order chi connectivity index (χ1) is 7.55. The number of likely N-dealkylation sites (tertiary alicyclic amines) is 1. The first kappa shape index (κ1) is 12.4. The molecule has 1 atom stereocenters. The predicted molar refractivity (Wildman–Crippen MR) is 69.6 cm³/mol. The molecule has 1 unspecified atom stereocenters. The van der Waals surface area contributed by atoms with Gasteiger partial charge in [0, 0.05) is 19.6 Å². The highest BCUT2D eigenvalue weighted by atomic mass is 15.2. The molecule has 94 valence electrons. The summed E-state index contributed by atoms with van der Waals surface area (Å²) < 4.78 is 0. The summed E-state index contributed by atoms with van der Waals surface area (Å²) in [5, 5.41) is 3.59. The number of nitrogens with one attached hydrogen (secondary N) is 1. The molecule has 16 heavy (non-hydrogen) atoms. The molecule has 2 nitrogen and oxygen atoms in total. The lowest BCUT2D eigenvalue weighted by Crippen LogP contribution is -2.32. The van der Waals surface area contributed by atoms with Crippen molar-refractivity contribution < 1.29 is 0 Å². The van der Waals surface area contributed by atoms with E-state index in [0.717, 1.165) is 11.8 Å². The zero-order chi connectivity index (χ0) is 11.6. The van der Waals surface area contributed by atoms with Crippen LogP contribution in [-0.4, -0.2) is 37.6 Å². The van der Waals surface area contributed by atoms with Crippen LogP contribution in [0.5, 0.6) is 0 Å². The Balaban J connectivity index is 1.57. The second kappa shape index (κ2) is 5.05. The molecule has 1 N–H and O–H groups in total. The van der Waals surface area contributed by atoms with Gasteiger partial charge in [0.05, 0.1) is 0 Å². The number of hydrogen-bond acceptors (Lipinski definition) is 2. The van der Waals surface area contributed by atoms with E-state index in [1.807, 2.05) is 0 Å². The first-order valence-corrected chi connectivity index (χ1v) is 6.99. The summed E-state index contributed by atoms with van der Waals surface area (Å²) in [5.74, 6) is 1.91. The molecule has 1 heterocycles. The molecule has 1 saturated heterocycles. The van der Waals surface area contributed by atoms with Crippen molar-refractivity contribution in [3.05, 3.63) is 0 Å². The van der Waals surface area contributed by atoms with E-state index in [9.17, 15) is 0 Å². The van der Waals surface area contributed by atoms with E-state index in [2.05, 4.69) is 31.0 Å². The highest BCUT2D eigenvalue weighted by Crippen LogP contribution is 2.33. The van der Waals surface area contributed by atoms with Gasteiger partial charge in [-0.25, -0.2) is 0 Å². The van der Waals surface area contributed by atoms with Crippen LogP contribution in [0.1, 0.15) is 40.0 Å². The second-order valence-corrected chi connectivity index (χ2v) is 6.80. The van der Waals surface area contributed by atoms with E-state index in [0.29, 0.717) is 5.41 Å². The summed E-state index contributed by atoms with van der Waals surface area (Å²) in [6.07, 6.45) is 4.32. The lowest BCUT2D eigenvalue weighted by atomic mass is 9.80. The highest BCUT2D eigenvalue weighted by molar-refractivity contribution is 4.84. The third kappa shape index (κ3) is 3.74. The smallest absolute Gasteiger partial charge is 0.0107 e. The van der Waals surface area contributed by atoms with E-state index >= 15 is 0 Å². The zero-order valence-electron chi connectivity index (χ0n) is 11.3. The molecule has 2 aliphatic rings. The average Bonchev–Trinajstić information content (AvgIpc) is 2.88. The minimum absolute atomic E-state index is 0.496. The molecule has 0 aromatic heterocycles. The van der Waals surface area contributed by atoms with Gasteiger partial charge in [0.15, 0.2) is 0 Å². The largest absolute Gasteiger partial charge is 0.315 e. The normalized spacial score (nSPS) is 27.6. The van der Waals surface area contributed by atoms with E-state index in [1.165, 1.54) is 52.0 Å². The van der Waals surface area contributed by atoms with Gasteiger partial charge in [-0.3, -0.25) is 0 Å². The van der Waals surface area contributed by atoms with E-state index < -0.39 is 0 Å².